The van der Waals surface area contributed by atoms with Crippen LogP contribution >= 0.6 is 0 Å². The summed E-state index contributed by atoms with van der Waals surface area (Å²) in [6.45, 7) is 9.41. The predicted octanol–water partition coefficient (Wildman–Crippen LogP) is 2.94. The largest absolute Gasteiger partial charge is 0.0882 e. The van der Waals surface area contributed by atoms with E-state index >= 15 is 0 Å². The van der Waals surface area contributed by atoms with Crippen molar-refractivity contribution in [3.05, 3.63) is 37.6 Å². The van der Waals surface area contributed by atoms with Crippen molar-refractivity contribution in [2.24, 2.45) is 0 Å². The number of rotatable bonds is 3. The van der Waals surface area contributed by atoms with Crippen LogP contribution < -0.4 is 0 Å². The van der Waals surface area contributed by atoms with E-state index in [2.05, 4.69) is 32.9 Å². The average molecular weight is 122 g/mol. The van der Waals surface area contributed by atoms with Gasteiger partial charge in [-0.25, -0.2) is 0 Å². The Kier molecular flexibility index (Phi) is 5.29. The van der Waals surface area contributed by atoms with E-state index in [0.29, 0.717) is 0 Å². The third kappa shape index (κ3) is 5.35. The van der Waals surface area contributed by atoms with Gasteiger partial charge in [-0.05, 0) is 33.6 Å². The first kappa shape index (κ1) is 8.48. The summed E-state index contributed by atoms with van der Waals surface area (Å²) >= 11 is 0. The van der Waals surface area contributed by atoms with Gasteiger partial charge in [0.15, 0.2) is 0 Å². The highest BCUT2D eigenvalue weighted by Crippen LogP contribution is 1.99. The highest BCUT2D eigenvalue weighted by Gasteiger charge is 1.78. The second-order valence-corrected chi connectivity index (χ2v) is 2.01. The Morgan fingerprint density at radius 2 is 2.11 bits per heavy atom. The molecule has 2 radical (unpaired) electrons. The summed E-state index contributed by atoms with van der Waals surface area (Å²) in [5, 5.41) is 0. The van der Waals surface area contributed by atoms with Crippen molar-refractivity contribution >= 4 is 0 Å². The molecule has 9 heavy (non-hydrogen) atoms. The van der Waals surface area contributed by atoms with Crippen LogP contribution in [0.1, 0.15) is 19.8 Å². The summed E-state index contributed by atoms with van der Waals surface area (Å²) in [6.07, 6.45) is 7.95. The molecule has 50 valence electrons. The second kappa shape index (κ2) is 5.61. The summed E-state index contributed by atoms with van der Waals surface area (Å²) in [5.41, 5.74) is 1.31. The van der Waals surface area contributed by atoms with Gasteiger partial charge in [0.25, 0.3) is 0 Å². The van der Waals surface area contributed by atoms with E-state index in [4.69, 9.17) is 0 Å². The van der Waals surface area contributed by atoms with Gasteiger partial charge in [-0.2, -0.15) is 0 Å². The van der Waals surface area contributed by atoms with Gasteiger partial charge >= 0.3 is 0 Å². The van der Waals surface area contributed by atoms with Gasteiger partial charge in [-0.15, -0.1) is 0 Å². The molecule has 0 nitrogen and oxygen atoms in total. The fraction of sp³-hybridized carbons (Fsp3) is 0.333. The maximum Gasteiger partial charge on any atom is -0.0142 e. The van der Waals surface area contributed by atoms with Gasteiger partial charge < -0.3 is 0 Å². The average Bonchev–Trinajstić information content (AvgIpc) is 1.89. The summed E-state index contributed by atoms with van der Waals surface area (Å²) in [6, 6.07) is 0. The molecule has 0 aliphatic carbocycles. The summed E-state index contributed by atoms with van der Waals surface area (Å²) in [4.78, 5) is 0. The minimum Gasteiger partial charge on any atom is -0.0882 e. The van der Waals surface area contributed by atoms with Gasteiger partial charge in [0, 0.05) is 0 Å². The maximum absolute atomic E-state index is 3.69. The molecule has 0 N–H and O–H groups in total. The minimum atomic E-state index is 0.879. The van der Waals surface area contributed by atoms with Crippen molar-refractivity contribution in [2.45, 2.75) is 19.8 Å². The first-order valence-electron chi connectivity index (χ1n) is 3.20. The molecule has 0 saturated carbocycles. The van der Waals surface area contributed by atoms with Gasteiger partial charge in [0.2, 0.25) is 0 Å². The van der Waals surface area contributed by atoms with Gasteiger partial charge in [-0.1, -0.05) is 23.8 Å². The normalized spacial score (nSPS) is 13.0. The maximum atomic E-state index is 3.69. The molecule has 0 spiro atoms. The zero-order chi connectivity index (χ0) is 7.11. The van der Waals surface area contributed by atoms with Crippen LogP contribution in [-0.2, 0) is 0 Å². The fourth-order valence-electron chi connectivity index (χ4n) is 0.470. The topological polar surface area (TPSA) is 0 Å². The van der Waals surface area contributed by atoms with Crippen LogP contribution in [0.2, 0.25) is 0 Å². The van der Waals surface area contributed by atoms with Gasteiger partial charge in [-0.3, -0.25) is 0 Å². The number of hydrogen-bond acceptors (Lipinski definition) is 0. The smallest absolute Gasteiger partial charge is 0.0142 e. The molecule has 0 rings (SSSR count). The molecular formula is C9H14. The lowest BCUT2D eigenvalue weighted by Gasteiger charge is -1.89. The lowest BCUT2D eigenvalue weighted by Crippen LogP contribution is -1.69. The molecule has 0 aliphatic rings. The van der Waals surface area contributed by atoms with E-state index in [9.17, 15) is 0 Å². The Labute approximate surface area is 58.3 Å². The highest BCUT2D eigenvalue weighted by atomic mass is 13.9. The Bertz CT molecular complexity index is 107. The molecule has 0 amide bonds. The van der Waals surface area contributed by atoms with E-state index in [1.54, 1.807) is 0 Å². The van der Waals surface area contributed by atoms with E-state index in [1.165, 1.54) is 5.57 Å². The van der Waals surface area contributed by atoms with Crippen LogP contribution in [0.3, 0.4) is 0 Å². The lowest BCUT2D eigenvalue weighted by molar-refractivity contribution is 1.19. The van der Waals surface area contributed by atoms with Crippen molar-refractivity contribution in [3.63, 3.8) is 0 Å². The SMILES string of the molecule is [CH2]/C=C(\C)C/C=C/C[CH2]. The summed E-state index contributed by atoms with van der Waals surface area (Å²) in [7, 11) is 0. The third-order valence-corrected chi connectivity index (χ3v) is 1.12. The Hall–Kier alpha value is -0.520. The summed E-state index contributed by atoms with van der Waals surface area (Å²) < 4.78 is 0. The number of hydrogen-bond donors (Lipinski definition) is 0. The predicted molar refractivity (Wildman–Crippen MR) is 42.8 cm³/mol. The molecule has 0 saturated heterocycles. The quantitative estimate of drug-likeness (QED) is 0.505. The molecular weight excluding hydrogens is 108 g/mol. The van der Waals surface area contributed by atoms with Crippen LogP contribution in [0, 0.1) is 13.8 Å². The van der Waals surface area contributed by atoms with E-state index in [-0.39, 0.29) is 0 Å². The summed E-state index contributed by atoms with van der Waals surface area (Å²) in [5.74, 6) is 0. The first-order valence-corrected chi connectivity index (χ1v) is 3.20. The van der Waals surface area contributed by atoms with Crippen LogP contribution in [0.15, 0.2) is 23.8 Å². The van der Waals surface area contributed by atoms with Crippen molar-refractivity contribution in [1.82, 2.24) is 0 Å². The van der Waals surface area contributed by atoms with Crippen LogP contribution in [0.4, 0.5) is 0 Å². The zero-order valence-corrected chi connectivity index (χ0v) is 6.06. The van der Waals surface area contributed by atoms with Crippen molar-refractivity contribution in [3.8, 4) is 0 Å². The van der Waals surface area contributed by atoms with Crippen LogP contribution in [-0.4, -0.2) is 0 Å². The molecule has 0 unspecified atom stereocenters. The Balaban J connectivity index is 3.38. The molecule has 0 aliphatic heterocycles. The molecule has 0 aromatic carbocycles. The monoisotopic (exact) mass is 122 g/mol. The molecule has 0 heterocycles. The van der Waals surface area contributed by atoms with E-state index in [0.717, 1.165) is 12.8 Å². The van der Waals surface area contributed by atoms with Crippen molar-refractivity contribution in [1.29, 1.82) is 0 Å². The highest BCUT2D eigenvalue weighted by molar-refractivity contribution is 5.05. The van der Waals surface area contributed by atoms with E-state index in [1.807, 2.05) is 6.08 Å². The third-order valence-electron chi connectivity index (χ3n) is 1.12. The molecule has 0 fully saturated rings. The Morgan fingerprint density at radius 3 is 2.56 bits per heavy atom. The second-order valence-electron chi connectivity index (χ2n) is 2.01. The number of allylic oxidation sites excluding steroid dienone is 4. The van der Waals surface area contributed by atoms with Crippen molar-refractivity contribution < 1.29 is 0 Å². The Morgan fingerprint density at radius 1 is 1.44 bits per heavy atom. The van der Waals surface area contributed by atoms with Gasteiger partial charge in [0.1, 0.15) is 0 Å². The molecule has 0 aromatic rings. The standard InChI is InChI=1S/C9H14/c1-4-6-7-8-9(3)5-2/h5-7H,1-2,4,8H2,3H3/b7-6+,9-5+. The first-order chi connectivity index (χ1) is 4.31. The fourth-order valence-corrected chi connectivity index (χ4v) is 0.470. The van der Waals surface area contributed by atoms with Crippen molar-refractivity contribution in [2.75, 3.05) is 0 Å². The molecule has 0 atom stereocenters. The lowest BCUT2D eigenvalue weighted by atomic mass is 10.2. The molecule has 0 bridgehead atoms. The van der Waals surface area contributed by atoms with Crippen LogP contribution in [0.5, 0.6) is 0 Å². The molecule has 0 aromatic heterocycles. The zero-order valence-electron chi connectivity index (χ0n) is 6.06. The van der Waals surface area contributed by atoms with E-state index < -0.39 is 0 Å². The van der Waals surface area contributed by atoms with Crippen LogP contribution in [0.25, 0.3) is 0 Å². The molecule has 0 heteroatoms. The van der Waals surface area contributed by atoms with Gasteiger partial charge in [0.05, 0.1) is 0 Å². The minimum absolute atomic E-state index is 0.879.